The first-order valence-corrected chi connectivity index (χ1v) is 7.96. The molecule has 0 radical (unpaired) electrons. The van der Waals surface area contributed by atoms with Crippen LogP contribution in [0.1, 0.15) is 51.4 Å². The Kier molecular flexibility index (Phi) is 4.22. The number of morpholine rings is 1. The molecule has 2 saturated carbocycles. The van der Waals surface area contributed by atoms with Gasteiger partial charge in [-0.2, -0.15) is 0 Å². The van der Waals surface area contributed by atoms with Gasteiger partial charge < -0.3 is 10.5 Å². The van der Waals surface area contributed by atoms with Crippen molar-refractivity contribution < 1.29 is 4.74 Å². The molecule has 18 heavy (non-hydrogen) atoms. The SMILES string of the molecule is NC1CCCCCC1CN1CCOC2CCCC21. The summed E-state index contributed by atoms with van der Waals surface area (Å²) in [5.74, 6) is 0.729. The normalized spacial score (nSPS) is 42.5. The minimum absolute atomic E-state index is 0.440. The molecule has 0 aromatic carbocycles. The number of fused-ring (bicyclic) bond motifs is 1. The largest absolute Gasteiger partial charge is 0.375 e. The highest BCUT2D eigenvalue weighted by molar-refractivity contribution is 4.91. The highest BCUT2D eigenvalue weighted by Crippen LogP contribution is 2.32. The zero-order valence-electron chi connectivity index (χ0n) is 11.5. The maximum atomic E-state index is 6.38. The van der Waals surface area contributed by atoms with Crippen molar-refractivity contribution in [3.63, 3.8) is 0 Å². The van der Waals surface area contributed by atoms with E-state index in [4.69, 9.17) is 10.5 Å². The average Bonchev–Trinajstić information content (AvgIpc) is 2.77. The first kappa shape index (κ1) is 12.9. The summed E-state index contributed by atoms with van der Waals surface area (Å²) in [6.45, 7) is 3.29. The van der Waals surface area contributed by atoms with Crippen LogP contribution < -0.4 is 5.73 Å². The predicted octanol–water partition coefficient (Wildman–Crippen LogP) is 2.15. The Labute approximate surface area is 111 Å². The van der Waals surface area contributed by atoms with Crippen LogP contribution in [0.25, 0.3) is 0 Å². The van der Waals surface area contributed by atoms with Crippen molar-refractivity contribution in [2.45, 2.75) is 69.6 Å². The summed E-state index contributed by atoms with van der Waals surface area (Å²) in [6.07, 6.45) is 11.2. The van der Waals surface area contributed by atoms with Crippen LogP contribution in [0.5, 0.6) is 0 Å². The van der Waals surface area contributed by atoms with Crippen molar-refractivity contribution in [1.82, 2.24) is 4.90 Å². The highest BCUT2D eigenvalue weighted by Gasteiger charge is 2.37. The molecule has 1 aliphatic heterocycles. The fourth-order valence-electron chi connectivity index (χ4n) is 4.17. The molecule has 0 spiro atoms. The molecule has 3 aliphatic rings. The minimum atomic E-state index is 0.440. The Bertz CT molecular complexity index is 271. The van der Waals surface area contributed by atoms with Gasteiger partial charge in [0.15, 0.2) is 0 Å². The van der Waals surface area contributed by atoms with E-state index in [1.807, 2.05) is 0 Å². The van der Waals surface area contributed by atoms with Gasteiger partial charge in [0.2, 0.25) is 0 Å². The van der Waals surface area contributed by atoms with Crippen LogP contribution in [-0.4, -0.2) is 42.8 Å². The molecule has 4 atom stereocenters. The third-order valence-corrected chi connectivity index (χ3v) is 5.28. The van der Waals surface area contributed by atoms with Gasteiger partial charge in [-0.3, -0.25) is 4.90 Å². The Morgan fingerprint density at radius 3 is 2.83 bits per heavy atom. The third-order valence-electron chi connectivity index (χ3n) is 5.28. The van der Waals surface area contributed by atoms with Gasteiger partial charge in [0.25, 0.3) is 0 Å². The van der Waals surface area contributed by atoms with Crippen molar-refractivity contribution in [2.24, 2.45) is 11.7 Å². The van der Waals surface area contributed by atoms with Crippen LogP contribution in [0, 0.1) is 5.92 Å². The maximum Gasteiger partial charge on any atom is 0.0730 e. The Morgan fingerprint density at radius 2 is 1.89 bits per heavy atom. The van der Waals surface area contributed by atoms with E-state index < -0.39 is 0 Å². The quantitative estimate of drug-likeness (QED) is 0.765. The molecule has 3 heteroatoms. The molecule has 0 amide bonds. The van der Waals surface area contributed by atoms with E-state index in [2.05, 4.69) is 4.90 Å². The first-order valence-electron chi connectivity index (χ1n) is 7.96. The molecule has 3 fully saturated rings. The zero-order chi connectivity index (χ0) is 12.4. The molecule has 3 rings (SSSR count). The van der Waals surface area contributed by atoms with Crippen molar-refractivity contribution >= 4 is 0 Å². The van der Waals surface area contributed by atoms with Gasteiger partial charge in [-0.25, -0.2) is 0 Å². The molecule has 0 bridgehead atoms. The number of rotatable bonds is 2. The molecule has 2 N–H and O–H groups in total. The molecular weight excluding hydrogens is 224 g/mol. The summed E-state index contributed by atoms with van der Waals surface area (Å²) >= 11 is 0. The number of hydrogen-bond acceptors (Lipinski definition) is 3. The van der Waals surface area contributed by atoms with Crippen molar-refractivity contribution in [2.75, 3.05) is 19.7 Å². The molecule has 104 valence electrons. The van der Waals surface area contributed by atoms with Gasteiger partial charge in [0.1, 0.15) is 0 Å². The summed E-state index contributed by atoms with van der Waals surface area (Å²) < 4.78 is 5.90. The van der Waals surface area contributed by atoms with Crippen LogP contribution in [0.3, 0.4) is 0 Å². The van der Waals surface area contributed by atoms with Crippen molar-refractivity contribution in [3.05, 3.63) is 0 Å². The van der Waals surface area contributed by atoms with Crippen LogP contribution >= 0.6 is 0 Å². The second-order valence-corrected chi connectivity index (χ2v) is 6.46. The summed E-state index contributed by atoms with van der Waals surface area (Å²) in [4.78, 5) is 2.71. The Balaban J connectivity index is 1.60. The van der Waals surface area contributed by atoms with Gasteiger partial charge >= 0.3 is 0 Å². The van der Waals surface area contributed by atoms with E-state index in [0.29, 0.717) is 18.2 Å². The second-order valence-electron chi connectivity index (χ2n) is 6.46. The standard InChI is InChI=1S/C15H28N2O/c16-13-6-3-1-2-5-12(13)11-17-9-10-18-15-8-4-7-14(15)17/h12-15H,1-11,16H2. The number of nitrogens with two attached hydrogens (primary N) is 1. The summed E-state index contributed by atoms with van der Waals surface area (Å²) in [6, 6.07) is 1.14. The van der Waals surface area contributed by atoms with E-state index in [0.717, 1.165) is 19.1 Å². The lowest BCUT2D eigenvalue weighted by molar-refractivity contribution is -0.0614. The molecule has 1 saturated heterocycles. The molecule has 4 unspecified atom stereocenters. The number of hydrogen-bond donors (Lipinski definition) is 1. The van der Waals surface area contributed by atoms with Crippen LogP contribution in [-0.2, 0) is 4.74 Å². The molecule has 0 aromatic rings. The fraction of sp³-hybridized carbons (Fsp3) is 1.00. The average molecular weight is 252 g/mol. The van der Waals surface area contributed by atoms with Gasteiger partial charge in [-0.15, -0.1) is 0 Å². The summed E-state index contributed by atoms with van der Waals surface area (Å²) in [5, 5.41) is 0. The minimum Gasteiger partial charge on any atom is -0.375 e. The van der Waals surface area contributed by atoms with Gasteiger partial charge in [-0.1, -0.05) is 19.3 Å². The summed E-state index contributed by atoms with van der Waals surface area (Å²) in [7, 11) is 0. The number of nitrogens with zero attached hydrogens (tertiary/aromatic N) is 1. The Hall–Kier alpha value is -0.120. The van der Waals surface area contributed by atoms with E-state index in [1.54, 1.807) is 0 Å². The summed E-state index contributed by atoms with van der Waals surface area (Å²) in [5.41, 5.74) is 6.38. The van der Waals surface area contributed by atoms with Crippen LogP contribution in [0.2, 0.25) is 0 Å². The van der Waals surface area contributed by atoms with E-state index >= 15 is 0 Å². The van der Waals surface area contributed by atoms with E-state index in [-0.39, 0.29) is 0 Å². The molecule has 2 aliphatic carbocycles. The molecule has 0 aromatic heterocycles. The molecular formula is C15H28N2O. The highest BCUT2D eigenvalue weighted by atomic mass is 16.5. The van der Waals surface area contributed by atoms with Crippen LogP contribution in [0.4, 0.5) is 0 Å². The lowest BCUT2D eigenvalue weighted by atomic mass is 9.93. The Morgan fingerprint density at radius 1 is 1.00 bits per heavy atom. The van der Waals surface area contributed by atoms with Crippen LogP contribution in [0.15, 0.2) is 0 Å². The van der Waals surface area contributed by atoms with Gasteiger partial charge in [0, 0.05) is 25.2 Å². The van der Waals surface area contributed by atoms with Crippen molar-refractivity contribution in [1.29, 1.82) is 0 Å². The topological polar surface area (TPSA) is 38.5 Å². The zero-order valence-corrected chi connectivity index (χ0v) is 11.5. The monoisotopic (exact) mass is 252 g/mol. The second kappa shape index (κ2) is 5.89. The number of ether oxygens (including phenoxy) is 1. The lowest BCUT2D eigenvalue weighted by Gasteiger charge is -2.40. The molecule has 1 heterocycles. The lowest BCUT2D eigenvalue weighted by Crippen LogP contribution is -2.51. The van der Waals surface area contributed by atoms with Gasteiger partial charge in [0.05, 0.1) is 12.7 Å². The third kappa shape index (κ3) is 2.73. The smallest absolute Gasteiger partial charge is 0.0730 e. The predicted molar refractivity (Wildman–Crippen MR) is 73.5 cm³/mol. The maximum absolute atomic E-state index is 6.38. The molecule has 3 nitrogen and oxygen atoms in total. The van der Waals surface area contributed by atoms with Crippen molar-refractivity contribution in [3.8, 4) is 0 Å². The van der Waals surface area contributed by atoms with E-state index in [1.165, 1.54) is 57.9 Å². The van der Waals surface area contributed by atoms with E-state index in [9.17, 15) is 0 Å². The fourth-order valence-corrected chi connectivity index (χ4v) is 4.17. The van der Waals surface area contributed by atoms with Gasteiger partial charge in [-0.05, 0) is 38.0 Å². The first-order chi connectivity index (χ1) is 8.84.